The number of carbonyl (C=O) groups excluding carboxylic acids is 1. The third-order valence-electron chi connectivity index (χ3n) is 2.86. The van der Waals surface area contributed by atoms with Gasteiger partial charge in [0, 0.05) is 17.7 Å². The van der Waals surface area contributed by atoms with Crippen molar-refractivity contribution in [2.24, 2.45) is 0 Å². The van der Waals surface area contributed by atoms with Crippen LogP contribution in [0, 0.1) is 5.82 Å². The molecule has 0 radical (unpaired) electrons. The number of carbonyl (C=O) groups is 1. The molecule has 0 aromatic heterocycles. The lowest BCUT2D eigenvalue weighted by Gasteiger charge is -2.08. The molecule has 22 heavy (non-hydrogen) atoms. The second-order valence-electron chi connectivity index (χ2n) is 4.39. The molecule has 2 aromatic carbocycles. The Labute approximate surface area is 128 Å². The van der Waals surface area contributed by atoms with Crippen LogP contribution in [0.1, 0.15) is 0 Å². The highest BCUT2D eigenvalue weighted by Gasteiger charge is 2.08. The van der Waals surface area contributed by atoms with Gasteiger partial charge in [0.1, 0.15) is 23.9 Å². The van der Waals surface area contributed by atoms with Crippen LogP contribution in [0.15, 0.2) is 67.8 Å². The smallest absolute Gasteiger partial charge is 0.335 e. The molecule has 0 unspecified atom stereocenters. The first-order chi connectivity index (χ1) is 10.6. The number of ether oxygens (including phenoxy) is 2. The average molecular weight is 298 g/mol. The van der Waals surface area contributed by atoms with Crippen molar-refractivity contribution in [1.29, 1.82) is 0 Å². The minimum atomic E-state index is -0.539. The normalized spacial score (nSPS) is 9.86. The van der Waals surface area contributed by atoms with Crippen molar-refractivity contribution in [2.45, 2.75) is 0 Å². The Kier molecular flexibility index (Phi) is 5.09. The van der Waals surface area contributed by atoms with E-state index in [-0.39, 0.29) is 0 Å². The van der Waals surface area contributed by atoms with E-state index < -0.39 is 11.8 Å². The summed E-state index contributed by atoms with van der Waals surface area (Å²) in [4.78, 5) is 11.1. The highest BCUT2D eigenvalue weighted by molar-refractivity contribution is 5.83. The Hall–Kier alpha value is -2.88. The van der Waals surface area contributed by atoms with E-state index in [1.807, 2.05) is 0 Å². The zero-order valence-corrected chi connectivity index (χ0v) is 11.9. The maximum atomic E-state index is 14.1. The predicted octanol–water partition coefficient (Wildman–Crippen LogP) is 4.15. The molecule has 2 rings (SSSR count). The van der Waals surface area contributed by atoms with Crippen molar-refractivity contribution in [3.63, 3.8) is 0 Å². The number of benzene rings is 2. The molecule has 0 fully saturated rings. The van der Waals surface area contributed by atoms with Crippen molar-refractivity contribution in [1.82, 2.24) is 0 Å². The number of esters is 1. The molecular weight excluding hydrogens is 283 g/mol. The molecule has 112 valence electrons. The molecule has 4 heteroatoms. The Morgan fingerprint density at radius 1 is 1.09 bits per heavy atom. The monoisotopic (exact) mass is 298 g/mol. The fourth-order valence-corrected chi connectivity index (χ4v) is 1.84. The van der Waals surface area contributed by atoms with Gasteiger partial charge in [0.15, 0.2) is 0 Å². The molecule has 3 nitrogen and oxygen atoms in total. The van der Waals surface area contributed by atoms with E-state index in [1.165, 1.54) is 6.07 Å². The van der Waals surface area contributed by atoms with E-state index in [2.05, 4.69) is 13.2 Å². The minimum absolute atomic E-state index is 0.322. The molecule has 0 amide bonds. The van der Waals surface area contributed by atoms with Crippen molar-refractivity contribution in [3.8, 4) is 22.6 Å². The van der Waals surface area contributed by atoms with E-state index in [9.17, 15) is 9.18 Å². The third kappa shape index (κ3) is 3.82. The van der Waals surface area contributed by atoms with Crippen LogP contribution in [0.2, 0.25) is 0 Å². The van der Waals surface area contributed by atoms with E-state index in [0.29, 0.717) is 29.2 Å². The number of rotatable bonds is 6. The Bertz CT molecular complexity index is 690. The average Bonchev–Trinajstić information content (AvgIpc) is 2.54. The first kappa shape index (κ1) is 15.5. The minimum Gasteiger partial charge on any atom is -0.489 e. The molecule has 2 aromatic rings. The molecule has 0 bridgehead atoms. The summed E-state index contributed by atoms with van der Waals surface area (Å²) >= 11 is 0. The van der Waals surface area contributed by atoms with E-state index in [0.717, 1.165) is 6.08 Å². The maximum Gasteiger partial charge on any atom is 0.335 e. The lowest BCUT2D eigenvalue weighted by atomic mass is 10.0. The van der Waals surface area contributed by atoms with Crippen LogP contribution < -0.4 is 9.47 Å². The van der Waals surface area contributed by atoms with Gasteiger partial charge in [-0.15, -0.1) is 0 Å². The van der Waals surface area contributed by atoms with Crippen LogP contribution in [-0.2, 0) is 4.79 Å². The Morgan fingerprint density at radius 2 is 1.77 bits per heavy atom. The summed E-state index contributed by atoms with van der Waals surface area (Å²) in [6.45, 7) is 7.18. The third-order valence-corrected chi connectivity index (χ3v) is 2.86. The van der Waals surface area contributed by atoms with Gasteiger partial charge < -0.3 is 9.47 Å². The first-order valence-electron chi connectivity index (χ1n) is 6.62. The molecule has 0 N–H and O–H groups in total. The highest BCUT2D eigenvalue weighted by atomic mass is 19.1. The van der Waals surface area contributed by atoms with Crippen LogP contribution in [-0.4, -0.2) is 12.6 Å². The standard InChI is InChI=1S/C18H15FO3/c1-3-11-21-15-9-10-16(17(19)12-15)13-5-7-14(8-6-13)22-18(20)4-2/h3-10,12H,1-2,11H2. The first-order valence-corrected chi connectivity index (χ1v) is 6.62. The van der Waals surface area contributed by atoms with E-state index in [4.69, 9.17) is 9.47 Å². The molecule has 0 saturated heterocycles. The summed E-state index contributed by atoms with van der Waals surface area (Å²) in [5, 5.41) is 0. The van der Waals surface area contributed by atoms with Gasteiger partial charge in [-0.25, -0.2) is 9.18 Å². The SMILES string of the molecule is C=CCOc1ccc(-c2ccc(OC(=O)C=C)cc2)c(F)c1. The molecule has 0 aliphatic heterocycles. The molecule has 0 aliphatic rings. The summed E-state index contributed by atoms with van der Waals surface area (Å²) in [7, 11) is 0. The van der Waals surface area contributed by atoms with Crippen LogP contribution >= 0.6 is 0 Å². The van der Waals surface area contributed by atoms with Crippen LogP contribution in [0.25, 0.3) is 11.1 Å². The largest absolute Gasteiger partial charge is 0.489 e. The van der Waals surface area contributed by atoms with Gasteiger partial charge in [0.2, 0.25) is 0 Å². The van der Waals surface area contributed by atoms with Gasteiger partial charge in [-0.1, -0.05) is 31.4 Å². The van der Waals surface area contributed by atoms with Gasteiger partial charge >= 0.3 is 5.97 Å². The Balaban J connectivity index is 2.19. The Morgan fingerprint density at radius 3 is 2.36 bits per heavy atom. The van der Waals surface area contributed by atoms with Crippen LogP contribution in [0.5, 0.6) is 11.5 Å². The maximum absolute atomic E-state index is 14.1. The summed E-state index contributed by atoms with van der Waals surface area (Å²) < 4.78 is 24.4. The summed E-state index contributed by atoms with van der Waals surface area (Å²) in [6, 6.07) is 11.2. The predicted molar refractivity (Wildman–Crippen MR) is 83.4 cm³/mol. The topological polar surface area (TPSA) is 35.5 Å². The van der Waals surface area contributed by atoms with Gasteiger partial charge in [-0.3, -0.25) is 0 Å². The van der Waals surface area contributed by atoms with Crippen LogP contribution in [0.4, 0.5) is 4.39 Å². The lowest BCUT2D eigenvalue weighted by molar-refractivity contribution is -0.128. The zero-order chi connectivity index (χ0) is 15.9. The van der Waals surface area contributed by atoms with Crippen molar-refractivity contribution < 1.29 is 18.7 Å². The quantitative estimate of drug-likeness (QED) is 0.348. The fourth-order valence-electron chi connectivity index (χ4n) is 1.84. The lowest BCUT2D eigenvalue weighted by Crippen LogP contribution is -2.02. The number of hydrogen-bond acceptors (Lipinski definition) is 3. The zero-order valence-electron chi connectivity index (χ0n) is 11.9. The van der Waals surface area contributed by atoms with Gasteiger partial charge in [0.25, 0.3) is 0 Å². The summed E-state index contributed by atoms with van der Waals surface area (Å²) in [6.07, 6.45) is 2.67. The number of hydrogen-bond donors (Lipinski definition) is 0. The van der Waals surface area contributed by atoms with Crippen molar-refractivity contribution in [2.75, 3.05) is 6.61 Å². The highest BCUT2D eigenvalue weighted by Crippen LogP contribution is 2.27. The molecule has 0 saturated carbocycles. The number of halogens is 1. The van der Waals surface area contributed by atoms with Gasteiger partial charge in [-0.2, -0.15) is 0 Å². The second-order valence-corrected chi connectivity index (χ2v) is 4.39. The van der Waals surface area contributed by atoms with Gasteiger partial charge in [0.05, 0.1) is 0 Å². The second kappa shape index (κ2) is 7.22. The van der Waals surface area contributed by atoms with Crippen LogP contribution in [0.3, 0.4) is 0 Å². The summed E-state index contributed by atoms with van der Waals surface area (Å²) in [5.41, 5.74) is 1.11. The summed E-state index contributed by atoms with van der Waals surface area (Å²) in [5.74, 6) is -0.113. The van der Waals surface area contributed by atoms with Gasteiger partial charge in [-0.05, 0) is 29.8 Å². The molecule has 0 atom stereocenters. The molecule has 0 aliphatic carbocycles. The fraction of sp³-hybridized carbons (Fsp3) is 0.0556. The molecule has 0 spiro atoms. The molecule has 0 heterocycles. The van der Waals surface area contributed by atoms with Crippen molar-refractivity contribution in [3.05, 3.63) is 73.6 Å². The van der Waals surface area contributed by atoms with E-state index in [1.54, 1.807) is 42.5 Å². The van der Waals surface area contributed by atoms with Crippen molar-refractivity contribution >= 4 is 5.97 Å². The molecular formula is C18H15FO3. The van der Waals surface area contributed by atoms with E-state index >= 15 is 0 Å².